The number of aromatic nitrogens is 1. The van der Waals surface area contributed by atoms with Gasteiger partial charge in [0, 0.05) is 24.4 Å². The van der Waals surface area contributed by atoms with Gasteiger partial charge in [-0.25, -0.2) is 0 Å². The summed E-state index contributed by atoms with van der Waals surface area (Å²) in [5.74, 6) is 0.151. The summed E-state index contributed by atoms with van der Waals surface area (Å²) in [6.07, 6.45) is 4.62. The number of carbonyl (C=O) groups excluding carboxylic acids is 1. The highest BCUT2D eigenvalue weighted by atomic mass is 16.1. The number of carbonyl (C=O) groups is 1. The maximum absolute atomic E-state index is 12.0. The van der Waals surface area contributed by atoms with Crippen LogP contribution in [0.3, 0.4) is 0 Å². The average molecular weight is 267 g/mol. The van der Waals surface area contributed by atoms with E-state index < -0.39 is 0 Å². The van der Waals surface area contributed by atoms with Crippen molar-refractivity contribution in [3.8, 4) is 0 Å². The van der Waals surface area contributed by atoms with Crippen molar-refractivity contribution in [1.82, 2.24) is 4.98 Å². The normalized spacial score (nSPS) is 11.3. The number of rotatable bonds is 4. The highest BCUT2D eigenvalue weighted by Gasteiger charge is 2.13. The van der Waals surface area contributed by atoms with Gasteiger partial charge in [-0.05, 0) is 35.1 Å². The molecule has 1 aromatic carbocycles. The maximum Gasteiger partial charge on any atom is 0.164 e. The number of pyridine rings is 1. The number of ketones is 1. The molecule has 20 heavy (non-hydrogen) atoms. The van der Waals surface area contributed by atoms with E-state index >= 15 is 0 Å². The van der Waals surface area contributed by atoms with Crippen LogP contribution < -0.4 is 0 Å². The van der Waals surface area contributed by atoms with Gasteiger partial charge >= 0.3 is 0 Å². The van der Waals surface area contributed by atoms with Gasteiger partial charge in [-0.15, -0.1) is 0 Å². The van der Waals surface area contributed by atoms with Gasteiger partial charge in [0.2, 0.25) is 0 Å². The zero-order valence-corrected chi connectivity index (χ0v) is 12.4. The zero-order chi connectivity index (χ0) is 14.6. The van der Waals surface area contributed by atoms with Crippen LogP contribution in [0.25, 0.3) is 0 Å². The van der Waals surface area contributed by atoms with Gasteiger partial charge in [0.15, 0.2) is 5.78 Å². The first-order chi connectivity index (χ1) is 9.47. The predicted octanol–water partition coefficient (Wildman–Crippen LogP) is 4.19. The SMILES string of the molecule is CC(C)(C)c1ccc(CCC(=O)c2cccnc2)cc1. The van der Waals surface area contributed by atoms with Crippen molar-refractivity contribution < 1.29 is 4.79 Å². The summed E-state index contributed by atoms with van der Waals surface area (Å²) in [6.45, 7) is 6.61. The Balaban J connectivity index is 1.96. The number of nitrogens with zero attached hydrogens (tertiary/aromatic N) is 1. The summed E-state index contributed by atoms with van der Waals surface area (Å²) < 4.78 is 0. The van der Waals surface area contributed by atoms with Crippen molar-refractivity contribution in [3.63, 3.8) is 0 Å². The number of aryl methyl sites for hydroxylation is 1. The van der Waals surface area contributed by atoms with Crippen molar-refractivity contribution in [2.45, 2.75) is 39.0 Å². The van der Waals surface area contributed by atoms with E-state index in [2.05, 4.69) is 50.0 Å². The number of hydrogen-bond acceptors (Lipinski definition) is 2. The Hall–Kier alpha value is -1.96. The molecule has 0 atom stereocenters. The zero-order valence-electron chi connectivity index (χ0n) is 12.4. The van der Waals surface area contributed by atoms with Crippen LogP contribution in [0.5, 0.6) is 0 Å². The number of Topliss-reactive ketones (excluding diaryl/α,β-unsaturated/α-hetero) is 1. The lowest BCUT2D eigenvalue weighted by atomic mass is 9.86. The van der Waals surface area contributed by atoms with Gasteiger partial charge in [-0.1, -0.05) is 45.0 Å². The molecule has 2 heteroatoms. The third kappa shape index (κ3) is 3.77. The van der Waals surface area contributed by atoms with Crippen LogP contribution in [0.15, 0.2) is 48.8 Å². The van der Waals surface area contributed by atoms with Gasteiger partial charge in [0.1, 0.15) is 0 Å². The molecule has 2 nitrogen and oxygen atoms in total. The minimum Gasteiger partial charge on any atom is -0.294 e. The molecule has 0 radical (unpaired) electrons. The van der Waals surface area contributed by atoms with Crippen LogP contribution >= 0.6 is 0 Å². The van der Waals surface area contributed by atoms with Crippen molar-refractivity contribution >= 4 is 5.78 Å². The minimum absolute atomic E-state index is 0.151. The molecule has 0 bridgehead atoms. The molecule has 1 aromatic heterocycles. The van der Waals surface area contributed by atoms with E-state index in [0.29, 0.717) is 12.0 Å². The van der Waals surface area contributed by atoms with Gasteiger partial charge in [0.25, 0.3) is 0 Å². The second-order valence-electron chi connectivity index (χ2n) is 6.11. The van der Waals surface area contributed by atoms with E-state index in [1.54, 1.807) is 18.5 Å². The fraction of sp³-hybridized carbons (Fsp3) is 0.333. The fourth-order valence-electron chi connectivity index (χ4n) is 2.10. The molecule has 0 saturated carbocycles. The van der Waals surface area contributed by atoms with Crippen LogP contribution in [-0.2, 0) is 11.8 Å². The van der Waals surface area contributed by atoms with Crippen LogP contribution in [-0.4, -0.2) is 10.8 Å². The smallest absolute Gasteiger partial charge is 0.164 e. The molecule has 0 aliphatic carbocycles. The van der Waals surface area contributed by atoms with Gasteiger partial charge in [-0.2, -0.15) is 0 Å². The monoisotopic (exact) mass is 267 g/mol. The van der Waals surface area contributed by atoms with E-state index in [1.807, 2.05) is 6.07 Å². The fourth-order valence-corrected chi connectivity index (χ4v) is 2.10. The molecule has 0 spiro atoms. The first-order valence-corrected chi connectivity index (χ1v) is 6.99. The van der Waals surface area contributed by atoms with Gasteiger partial charge in [0.05, 0.1) is 0 Å². The first-order valence-electron chi connectivity index (χ1n) is 6.99. The molecule has 0 aliphatic rings. The molecule has 2 rings (SSSR count). The van der Waals surface area contributed by atoms with Crippen molar-refractivity contribution in [2.24, 2.45) is 0 Å². The average Bonchev–Trinajstić information content (AvgIpc) is 2.45. The Morgan fingerprint density at radius 2 is 1.80 bits per heavy atom. The molecule has 1 heterocycles. The van der Waals surface area contributed by atoms with E-state index in [9.17, 15) is 4.79 Å². The molecule has 0 unspecified atom stereocenters. The summed E-state index contributed by atoms with van der Waals surface area (Å²) in [7, 11) is 0. The summed E-state index contributed by atoms with van der Waals surface area (Å²) >= 11 is 0. The number of benzene rings is 1. The van der Waals surface area contributed by atoms with Gasteiger partial charge < -0.3 is 0 Å². The van der Waals surface area contributed by atoms with Crippen molar-refractivity contribution in [2.75, 3.05) is 0 Å². The highest BCUT2D eigenvalue weighted by Crippen LogP contribution is 2.22. The summed E-state index contributed by atoms with van der Waals surface area (Å²) in [5, 5.41) is 0. The lowest BCUT2D eigenvalue weighted by Crippen LogP contribution is -2.10. The van der Waals surface area contributed by atoms with E-state index in [0.717, 1.165) is 6.42 Å². The first kappa shape index (κ1) is 14.4. The largest absolute Gasteiger partial charge is 0.294 e. The van der Waals surface area contributed by atoms with Crippen LogP contribution in [0, 0.1) is 0 Å². The molecule has 0 N–H and O–H groups in total. The maximum atomic E-state index is 12.0. The predicted molar refractivity (Wildman–Crippen MR) is 82.0 cm³/mol. The summed E-state index contributed by atoms with van der Waals surface area (Å²) in [6, 6.07) is 12.2. The van der Waals surface area contributed by atoms with Gasteiger partial charge in [-0.3, -0.25) is 9.78 Å². The topological polar surface area (TPSA) is 30.0 Å². The standard InChI is InChI=1S/C18H21NO/c1-18(2,3)16-9-6-14(7-10-16)8-11-17(20)15-5-4-12-19-13-15/h4-7,9-10,12-13H,8,11H2,1-3H3. The molecule has 0 aliphatic heterocycles. The Morgan fingerprint density at radius 1 is 1.10 bits per heavy atom. The lowest BCUT2D eigenvalue weighted by molar-refractivity contribution is 0.0982. The van der Waals surface area contributed by atoms with E-state index in [-0.39, 0.29) is 11.2 Å². The Morgan fingerprint density at radius 3 is 2.35 bits per heavy atom. The quantitative estimate of drug-likeness (QED) is 0.777. The number of hydrogen-bond donors (Lipinski definition) is 0. The van der Waals surface area contributed by atoms with Crippen LogP contribution in [0.2, 0.25) is 0 Å². The Labute approximate surface area is 120 Å². The molecular formula is C18H21NO. The third-order valence-electron chi connectivity index (χ3n) is 3.44. The lowest BCUT2D eigenvalue weighted by Gasteiger charge is -2.19. The van der Waals surface area contributed by atoms with Crippen molar-refractivity contribution in [3.05, 3.63) is 65.5 Å². The third-order valence-corrected chi connectivity index (χ3v) is 3.44. The van der Waals surface area contributed by atoms with Crippen LogP contribution in [0.4, 0.5) is 0 Å². The Bertz CT molecular complexity index is 565. The van der Waals surface area contributed by atoms with E-state index in [4.69, 9.17) is 0 Å². The summed E-state index contributed by atoms with van der Waals surface area (Å²) in [5.41, 5.74) is 3.39. The van der Waals surface area contributed by atoms with Crippen molar-refractivity contribution in [1.29, 1.82) is 0 Å². The minimum atomic E-state index is 0.151. The Kier molecular flexibility index (Phi) is 4.33. The molecule has 2 aromatic rings. The molecule has 104 valence electrons. The summed E-state index contributed by atoms with van der Waals surface area (Å²) in [4.78, 5) is 16.0. The molecule has 0 saturated heterocycles. The van der Waals surface area contributed by atoms with E-state index in [1.165, 1.54) is 11.1 Å². The second-order valence-corrected chi connectivity index (χ2v) is 6.11. The molecule has 0 amide bonds. The molecule has 0 fully saturated rings. The molecular weight excluding hydrogens is 246 g/mol. The second kappa shape index (κ2) is 6.00. The highest BCUT2D eigenvalue weighted by molar-refractivity contribution is 5.95. The van der Waals surface area contributed by atoms with Crippen LogP contribution in [0.1, 0.15) is 48.7 Å².